The summed E-state index contributed by atoms with van der Waals surface area (Å²) in [6.45, 7) is 1.98. The molecule has 2 aromatic rings. The van der Waals surface area contributed by atoms with Crippen LogP contribution in [0.4, 0.5) is 4.39 Å². The lowest BCUT2D eigenvalue weighted by atomic mass is 10.0. The van der Waals surface area contributed by atoms with Crippen LogP contribution < -0.4 is 10.5 Å². The summed E-state index contributed by atoms with van der Waals surface area (Å²) >= 11 is 11.9. The van der Waals surface area contributed by atoms with E-state index in [-0.39, 0.29) is 17.2 Å². The van der Waals surface area contributed by atoms with Crippen molar-refractivity contribution < 1.29 is 9.13 Å². The Labute approximate surface area is 133 Å². The zero-order chi connectivity index (χ0) is 15.4. The first kappa shape index (κ1) is 16.1. The fraction of sp³-hybridized carbons (Fsp3) is 0.250. The molecule has 0 bridgehead atoms. The molecule has 2 unspecified atom stereocenters. The topological polar surface area (TPSA) is 35.2 Å². The molecule has 0 fully saturated rings. The Balaban J connectivity index is 2.30. The highest BCUT2D eigenvalue weighted by Crippen LogP contribution is 2.31. The average Bonchev–Trinajstić information content (AvgIpc) is 2.47. The molecule has 0 amide bonds. The van der Waals surface area contributed by atoms with Crippen LogP contribution in [0.3, 0.4) is 0 Å². The molecule has 0 radical (unpaired) electrons. The highest BCUT2D eigenvalue weighted by molar-refractivity contribution is 6.32. The maximum absolute atomic E-state index is 13.1. The van der Waals surface area contributed by atoms with Crippen molar-refractivity contribution in [1.29, 1.82) is 0 Å². The van der Waals surface area contributed by atoms with E-state index in [1.54, 1.807) is 12.1 Å². The van der Waals surface area contributed by atoms with Crippen molar-refractivity contribution >= 4 is 23.2 Å². The number of nitrogens with two attached hydrogens (primary N) is 1. The molecule has 2 aromatic carbocycles. The molecule has 0 heterocycles. The van der Waals surface area contributed by atoms with Crippen molar-refractivity contribution in [1.82, 2.24) is 0 Å². The predicted molar refractivity (Wildman–Crippen MR) is 84.5 cm³/mol. The number of hydrogen-bond acceptors (Lipinski definition) is 2. The Hall–Kier alpha value is -1.29. The summed E-state index contributed by atoms with van der Waals surface area (Å²) in [5, 5.41) is 0.861. The van der Waals surface area contributed by atoms with Gasteiger partial charge in [0.05, 0.1) is 5.02 Å². The van der Waals surface area contributed by atoms with Gasteiger partial charge in [0.25, 0.3) is 0 Å². The smallest absolute Gasteiger partial charge is 0.139 e. The van der Waals surface area contributed by atoms with Crippen molar-refractivity contribution in [3.05, 3.63) is 63.9 Å². The first-order chi connectivity index (χ1) is 10.0. The Bertz CT molecular complexity index is 604. The quantitative estimate of drug-likeness (QED) is 0.839. The minimum absolute atomic E-state index is 0.215. The summed E-state index contributed by atoms with van der Waals surface area (Å²) < 4.78 is 19.0. The van der Waals surface area contributed by atoms with E-state index in [9.17, 15) is 4.39 Å². The standard InChI is InChI=1S/C16H16Cl2FNO/c1-2-14(20)16(10-3-5-11(17)6-4-10)21-15-8-7-12(19)9-13(15)18/h3-9,14,16H,2,20H2,1H3. The molecule has 0 saturated heterocycles. The molecule has 5 heteroatoms. The van der Waals surface area contributed by atoms with Crippen molar-refractivity contribution in [3.8, 4) is 5.75 Å². The third-order valence-corrected chi connectivity index (χ3v) is 3.75. The van der Waals surface area contributed by atoms with Gasteiger partial charge in [-0.3, -0.25) is 0 Å². The molecule has 0 saturated carbocycles. The summed E-state index contributed by atoms with van der Waals surface area (Å²) in [7, 11) is 0. The SMILES string of the molecule is CCC(N)C(Oc1ccc(F)cc1Cl)c1ccc(Cl)cc1. The van der Waals surface area contributed by atoms with Crippen LogP contribution in [-0.2, 0) is 0 Å². The Morgan fingerprint density at radius 1 is 1.14 bits per heavy atom. The molecular weight excluding hydrogens is 312 g/mol. The van der Waals surface area contributed by atoms with Gasteiger partial charge < -0.3 is 10.5 Å². The third kappa shape index (κ3) is 4.10. The summed E-state index contributed by atoms with van der Waals surface area (Å²) in [4.78, 5) is 0. The molecule has 2 rings (SSSR count). The number of rotatable bonds is 5. The van der Waals surface area contributed by atoms with E-state index < -0.39 is 5.82 Å². The molecule has 2 nitrogen and oxygen atoms in total. The van der Waals surface area contributed by atoms with Crippen molar-refractivity contribution in [2.75, 3.05) is 0 Å². The molecule has 0 aromatic heterocycles. The lowest BCUT2D eigenvalue weighted by Gasteiger charge is -2.25. The molecular formula is C16H16Cl2FNO. The van der Waals surface area contributed by atoms with Gasteiger partial charge in [0.15, 0.2) is 0 Å². The molecule has 2 N–H and O–H groups in total. The number of benzene rings is 2. The molecule has 2 atom stereocenters. The normalized spacial score (nSPS) is 13.8. The highest BCUT2D eigenvalue weighted by Gasteiger charge is 2.21. The lowest BCUT2D eigenvalue weighted by molar-refractivity contribution is 0.171. The fourth-order valence-corrected chi connectivity index (χ4v) is 2.31. The molecule has 112 valence electrons. The zero-order valence-corrected chi connectivity index (χ0v) is 13.0. The van der Waals surface area contributed by atoms with E-state index in [1.807, 2.05) is 19.1 Å². The van der Waals surface area contributed by atoms with Crippen molar-refractivity contribution in [2.24, 2.45) is 5.73 Å². The van der Waals surface area contributed by atoms with E-state index >= 15 is 0 Å². The fourth-order valence-electron chi connectivity index (χ4n) is 1.98. The van der Waals surface area contributed by atoms with Gasteiger partial charge in [-0.2, -0.15) is 0 Å². The third-order valence-electron chi connectivity index (χ3n) is 3.21. The average molecular weight is 328 g/mol. The van der Waals surface area contributed by atoms with Gasteiger partial charge in [-0.1, -0.05) is 42.3 Å². The van der Waals surface area contributed by atoms with Gasteiger partial charge in [0, 0.05) is 11.1 Å². The van der Waals surface area contributed by atoms with Crippen LogP contribution >= 0.6 is 23.2 Å². The van der Waals surface area contributed by atoms with Gasteiger partial charge >= 0.3 is 0 Å². The molecule has 0 aliphatic heterocycles. The van der Waals surface area contributed by atoms with E-state index in [0.29, 0.717) is 10.8 Å². The largest absolute Gasteiger partial charge is 0.483 e. The van der Waals surface area contributed by atoms with Crippen LogP contribution in [0.25, 0.3) is 0 Å². The van der Waals surface area contributed by atoms with E-state index in [1.165, 1.54) is 18.2 Å². The van der Waals surface area contributed by atoms with E-state index in [0.717, 1.165) is 12.0 Å². The van der Waals surface area contributed by atoms with Crippen LogP contribution in [0.15, 0.2) is 42.5 Å². The van der Waals surface area contributed by atoms with Gasteiger partial charge in [-0.05, 0) is 42.3 Å². The first-order valence-corrected chi connectivity index (χ1v) is 7.39. The van der Waals surface area contributed by atoms with Crippen LogP contribution in [0, 0.1) is 5.82 Å². The monoisotopic (exact) mass is 327 g/mol. The van der Waals surface area contributed by atoms with Crippen LogP contribution in [0.1, 0.15) is 25.0 Å². The minimum atomic E-state index is -0.407. The summed E-state index contributed by atoms with van der Waals surface area (Å²) in [5.41, 5.74) is 7.04. The summed E-state index contributed by atoms with van der Waals surface area (Å²) in [6.07, 6.45) is 0.349. The highest BCUT2D eigenvalue weighted by atomic mass is 35.5. The Morgan fingerprint density at radius 2 is 1.81 bits per heavy atom. The second kappa shape index (κ2) is 7.12. The summed E-state index contributed by atoms with van der Waals surface area (Å²) in [5.74, 6) is -0.00269. The number of hydrogen-bond donors (Lipinski definition) is 1. The van der Waals surface area contributed by atoms with Crippen LogP contribution in [0.5, 0.6) is 5.75 Å². The molecule has 0 aliphatic carbocycles. The first-order valence-electron chi connectivity index (χ1n) is 6.64. The Kier molecular flexibility index (Phi) is 5.45. The maximum atomic E-state index is 13.1. The molecule has 0 spiro atoms. The van der Waals surface area contributed by atoms with Crippen LogP contribution in [-0.4, -0.2) is 6.04 Å². The van der Waals surface area contributed by atoms with E-state index in [2.05, 4.69) is 0 Å². The second-order valence-electron chi connectivity index (χ2n) is 4.74. The second-order valence-corrected chi connectivity index (χ2v) is 5.58. The predicted octanol–water partition coefficient (Wildman–Crippen LogP) is 4.99. The van der Waals surface area contributed by atoms with Crippen LogP contribution in [0.2, 0.25) is 10.0 Å². The van der Waals surface area contributed by atoms with Crippen molar-refractivity contribution in [2.45, 2.75) is 25.5 Å². The molecule has 0 aliphatic rings. The van der Waals surface area contributed by atoms with Gasteiger partial charge in [-0.15, -0.1) is 0 Å². The minimum Gasteiger partial charge on any atom is -0.483 e. The van der Waals surface area contributed by atoms with Crippen molar-refractivity contribution in [3.63, 3.8) is 0 Å². The summed E-state index contributed by atoms with van der Waals surface area (Å²) in [6, 6.07) is 11.1. The van der Waals surface area contributed by atoms with E-state index in [4.69, 9.17) is 33.7 Å². The Morgan fingerprint density at radius 3 is 2.38 bits per heavy atom. The number of halogens is 3. The number of ether oxygens (including phenoxy) is 1. The lowest BCUT2D eigenvalue weighted by Crippen LogP contribution is -2.31. The van der Waals surface area contributed by atoms with Gasteiger partial charge in [-0.25, -0.2) is 4.39 Å². The maximum Gasteiger partial charge on any atom is 0.139 e. The molecule has 21 heavy (non-hydrogen) atoms. The van der Waals surface area contributed by atoms with Gasteiger partial charge in [0.1, 0.15) is 17.7 Å². The van der Waals surface area contributed by atoms with Gasteiger partial charge in [0.2, 0.25) is 0 Å². The zero-order valence-electron chi connectivity index (χ0n) is 11.5.